The first-order valence-electron chi connectivity index (χ1n) is 5.08. The van der Waals surface area contributed by atoms with Crippen LogP contribution >= 0.6 is 0 Å². The van der Waals surface area contributed by atoms with Crippen LogP contribution in [0.2, 0.25) is 0 Å². The van der Waals surface area contributed by atoms with Crippen LogP contribution in [0.25, 0.3) is 11.0 Å². The van der Waals surface area contributed by atoms with Crippen LogP contribution in [0.1, 0.15) is 0 Å². The maximum absolute atomic E-state index is 9.52. The van der Waals surface area contributed by atoms with Crippen molar-refractivity contribution in [2.45, 2.75) is 6.10 Å². The van der Waals surface area contributed by atoms with E-state index in [1.54, 1.807) is 6.20 Å². The van der Waals surface area contributed by atoms with E-state index in [0.29, 0.717) is 18.0 Å². The molecule has 92 valence electrons. The Morgan fingerprint density at radius 2 is 2.41 bits per heavy atom. The molecule has 0 amide bonds. The Hall–Kier alpha value is -1.93. The fourth-order valence-corrected chi connectivity index (χ4v) is 1.45. The number of aromatic nitrogens is 4. The van der Waals surface area contributed by atoms with Crippen LogP contribution in [0.3, 0.4) is 0 Å². The number of nitrogen functional groups attached to an aromatic ring is 1. The van der Waals surface area contributed by atoms with Crippen molar-refractivity contribution in [2.24, 2.45) is 0 Å². The summed E-state index contributed by atoms with van der Waals surface area (Å²) in [7, 11) is 1.53. The monoisotopic (exact) mass is 238 g/mol. The molecule has 1 atom stereocenters. The first-order valence-corrected chi connectivity index (χ1v) is 5.08. The van der Waals surface area contributed by atoms with Gasteiger partial charge in [-0.2, -0.15) is 15.1 Å². The van der Waals surface area contributed by atoms with Crippen molar-refractivity contribution in [3.63, 3.8) is 0 Å². The van der Waals surface area contributed by atoms with Gasteiger partial charge in [0.25, 0.3) is 0 Å². The number of aliphatic hydroxyl groups is 1. The Morgan fingerprint density at radius 3 is 3.18 bits per heavy atom. The fraction of sp³-hybridized carbons (Fsp3) is 0.444. The first kappa shape index (κ1) is 11.6. The van der Waals surface area contributed by atoms with E-state index in [-0.39, 0.29) is 12.6 Å². The third kappa shape index (κ3) is 2.60. The number of nitrogens with one attached hydrogen (secondary N) is 2. The highest BCUT2D eigenvalue weighted by molar-refractivity contribution is 5.86. The molecule has 0 spiro atoms. The molecule has 0 saturated heterocycles. The van der Waals surface area contributed by atoms with Gasteiger partial charge in [-0.25, -0.2) is 0 Å². The molecule has 0 radical (unpaired) electrons. The van der Waals surface area contributed by atoms with Gasteiger partial charge >= 0.3 is 0 Å². The van der Waals surface area contributed by atoms with Gasteiger partial charge in [0.2, 0.25) is 5.95 Å². The highest BCUT2D eigenvalue weighted by atomic mass is 16.5. The number of aliphatic hydroxyl groups excluding tert-OH is 1. The van der Waals surface area contributed by atoms with Crippen LogP contribution in [-0.2, 0) is 4.74 Å². The van der Waals surface area contributed by atoms with Gasteiger partial charge in [0, 0.05) is 13.7 Å². The van der Waals surface area contributed by atoms with E-state index < -0.39 is 6.10 Å². The van der Waals surface area contributed by atoms with Crippen LogP contribution in [0.15, 0.2) is 6.20 Å². The number of nitrogens with two attached hydrogens (primary N) is 1. The lowest BCUT2D eigenvalue weighted by atomic mass is 10.3. The molecule has 17 heavy (non-hydrogen) atoms. The summed E-state index contributed by atoms with van der Waals surface area (Å²) in [5, 5.41) is 19.8. The lowest BCUT2D eigenvalue weighted by Crippen LogP contribution is -2.24. The zero-order chi connectivity index (χ0) is 12.3. The number of anilines is 2. The number of ether oxygens (including phenoxy) is 1. The summed E-state index contributed by atoms with van der Waals surface area (Å²) in [4.78, 5) is 8.03. The van der Waals surface area contributed by atoms with E-state index in [0.717, 1.165) is 5.39 Å². The molecule has 1 unspecified atom stereocenters. The second-order valence-corrected chi connectivity index (χ2v) is 3.55. The van der Waals surface area contributed by atoms with E-state index in [2.05, 4.69) is 25.5 Å². The lowest BCUT2D eigenvalue weighted by molar-refractivity contribution is 0.0727. The number of aromatic amines is 1. The summed E-state index contributed by atoms with van der Waals surface area (Å²) >= 11 is 0. The van der Waals surface area contributed by atoms with Gasteiger partial charge in [-0.1, -0.05) is 0 Å². The van der Waals surface area contributed by atoms with E-state index in [1.807, 2.05) is 0 Å². The van der Waals surface area contributed by atoms with Crippen molar-refractivity contribution < 1.29 is 9.84 Å². The van der Waals surface area contributed by atoms with Gasteiger partial charge in [0.15, 0.2) is 5.65 Å². The summed E-state index contributed by atoms with van der Waals surface area (Å²) in [6.45, 7) is 0.562. The van der Waals surface area contributed by atoms with Crippen LogP contribution in [0, 0.1) is 0 Å². The summed E-state index contributed by atoms with van der Waals surface area (Å²) in [5.41, 5.74) is 6.11. The Kier molecular flexibility index (Phi) is 3.35. The number of H-pyrrole nitrogens is 1. The van der Waals surface area contributed by atoms with Gasteiger partial charge in [0.1, 0.15) is 5.82 Å². The predicted molar refractivity (Wildman–Crippen MR) is 62.5 cm³/mol. The number of nitrogens with zero attached hydrogens (tertiary/aromatic N) is 3. The van der Waals surface area contributed by atoms with E-state index in [4.69, 9.17) is 10.5 Å². The summed E-state index contributed by atoms with van der Waals surface area (Å²) in [5.74, 6) is 0.682. The molecule has 0 aromatic carbocycles. The number of rotatable bonds is 5. The van der Waals surface area contributed by atoms with Crippen LogP contribution in [-0.4, -0.2) is 51.6 Å². The van der Waals surface area contributed by atoms with Crippen molar-refractivity contribution in [2.75, 3.05) is 31.3 Å². The SMILES string of the molecule is COCC(O)CNc1nc(N)nc2[nH]ncc12. The normalized spacial score (nSPS) is 12.8. The van der Waals surface area contributed by atoms with E-state index >= 15 is 0 Å². The second kappa shape index (κ2) is 4.93. The maximum atomic E-state index is 9.52. The van der Waals surface area contributed by atoms with Crippen LogP contribution < -0.4 is 11.1 Å². The van der Waals surface area contributed by atoms with Crippen molar-refractivity contribution in [3.05, 3.63) is 6.20 Å². The Labute approximate surface area is 97.2 Å². The molecule has 8 nitrogen and oxygen atoms in total. The average molecular weight is 238 g/mol. The number of methoxy groups -OCH3 is 1. The third-order valence-electron chi connectivity index (χ3n) is 2.19. The maximum Gasteiger partial charge on any atom is 0.224 e. The Balaban J connectivity index is 2.14. The molecule has 2 aromatic heterocycles. The van der Waals surface area contributed by atoms with Crippen LogP contribution in [0.5, 0.6) is 0 Å². The molecule has 2 rings (SSSR count). The average Bonchev–Trinajstić information content (AvgIpc) is 2.74. The predicted octanol–water partition coefficient (Wildman–Crippen LogP) is -0.646. The van der Waals surface area contributed by atoms with Gasteiger partial charge in [-0.05, 0) is 0 Å². The van der Waals surface area contributed by atoms with Gasteiger partial charge in [0.05, 0.1) is 24.3 Å². The molecule has 0 bridgehead atoms. The zero-order valence-corrected chi connectivity index (χ0v) is 9.34. The van der Waals surface area contributed by atoms with Crippen molar-refractivity contribution in [3.8, 4) is 0 Å². The summed E-state index contributed by atoms with van der Waals surface area (Å²) < 4.78 is 4.82. The molecule has 0 aliphatic heterocycles. The summed E-state index contributed by atoms with van der Waals surface area (Å²) in [6, 6.07) is 0. The second-order valence-electron chi connectivity index (χ2n) is 3.55. The minimum atomic E-state index is -0.613. The van der Waals surface area contributed by atoms with Gasteiger partial charge < -0.3 is 20.9 Å². The van der Waals surface area contributed by atoms with Gasteiger partial charge in [-0.15, -0.1) is 0 Å². The molecule has 2 aromatic rings. The molecule has 0 aliphatic carbocycles. The first-order chi connectivity index (χ1) is 8.20. The van der Waals surface area contributed by atoms with E-state index in [1.165, 1.54) is 7.11 Å². The standard InChI is InChI=1S/C9H14N6O2/c1-17-4-5(16)2-11-7-6-3-12-15-8(6)14-9(10)13-7/h3,5,16H,2,4H2,1H3,(H4,10,11,12,13,14,15). The molecule has 0 fully saturated rings. The van der Waals surface area contributed by atoms with Crippen molar-refractivity contribution in [1.29, 1.82) is 0 Å². The topological polar surface area (TPSA) is 122 Å². The van der Waals surface area contributed by atoms with E-state index in [9.17, 15) is 5.11 Å². The smallest absolute Gasteiger partial charge is 0.224 e. The van der Waals surface area contributed by atoms with Gasteiger partial charge in [-0.3, -0.25) is 5.10 Å². The molecule has 2 heterocycles. The molecular formula is C9H14N6O2. The number of fused-ring (bicyclic) bond motifs is 1. The minimum absolute atomic E-state index is 0.144. The quantitative estimate of drug-likeness (QED) is 0.546. The van der Waals surface area contributed by atoms with Crippen molar-refractivity contribution in [1.82, 2.24) is 20.2 Å². The highest BCUT2D eigenvalue weighted by Crippen LogP contribution is 2.18. The Bertz CT molecular complexity index is 499. The Morgan fingerprint density at radius 1 is 1.59 bits per heavy atom. The fourth-order valence-electron chi connectivity index (χ4n) is 1.45. The van der Waals surface area contributed by atoms with Crippen LogP contribution in [0.4, 0.5) is 11.8 Å². The zero-order valence-electron chi connectivity index (χ0n) is 9.34. The molecule has 0 aliphatic rings. The number of hydrogen-bond acceptors (Lipinski definition) is 7. The molecule has 0 saturated carbocycles. The summed E-state index contributed by atoms with van der Waals surface area (Å²) in [6.07, 6.45) is 0.984. The largest absolute Gasteiger partial charge is 0.389 e. The molecule has 5 N–H and O–H groups in total. The molecular weight excluding hydrogens is 224 g/mol. The third-order valence-corrected chi connectivity index (χ3v) is 2.19. The minimum Gasteiger partial charge on any atom is -0.389 e. The van der Waals surface area contributed by atoms with Crippen molar-refractivity contribution >= 4 is 22.8 Å². The lowest BCUT2D eigenvalue weighted by Gasteiger charge is -2.11. The molecule has 8 heteroatoms. The number of hydrogen-bond donors (Lipinski definition) is 4. The highest BCUT2D eigenvalue weighted by Gasteiger charge is 2.09.